The number of hydrogen-bond acceptors (Lipinski definition) is 5. The van der Waals surface area contributed by atoms with Crippen molar-refractivity contribution in [1.82, 2.24) is 9.97 Å². The molecule has 0 aliphatic rings. The molecule has 3 N–H and O–H groups in total. The predicted octanol–water partition coefficient (Wildman–Crippen LogP) is 3.73. The number of nitrogen functional groups attached to an aromatic ring is 1. The number of halogens is 1. The first-order chi connectivity index (χ1) is 10.2. The fraction of sp³-hybridized carbons (Fsp3) is 0.0667. The summed E-state index contributed by atoms with van der Waals surface area (Å²) in [7, 11) is 1.63. The lowest BCUT2D eigenvalue weighted by Gasteiger charge is -2.12. The van der Waals surface area contributed by atoms with Crippen LogP contribution in [0, 0.1) is 0 Å². The van der Waals surface area contributed by atoms with Gasteiger partial charge in [-0.1, -0.05) is 12.1 Å². The van der Waals surface area contributed by atoms with Crippen LogP contribution in [0.25, 0.3) is 10.9 Å². The summed E-state index contributed by atoms with van der Waals surface area (Å²) in [6.07, 6.45) is 0. The summed E-state index contributed by atoms with van der Waals surface area (Å²) >= 11 is 3.51. The van der Waals surface area contributed by atoms with Gasteiger partial charge in [0.15, 0.2) is 0 Å². The van der Waals surface area contributed by atoms with Crippen LogP contribution in [0.3, 0.4) is 0 Å². The van der Waals surface area contributed by atoms with Crippen LogP contribution in [0.4, 0.5) is 17.5 Å². The second kappa shape index (κ2) is 5.57. The normalized spacial score (nSPS) is 10.6. The highest BCUT2D eigenvalue weighted by atomic mass is 79.9. The molecule has 0 saturated carbocycles. The molecule has 3 rings (SSSR count). The molecular weight excluding hydrogens is 332 g/mol. The van der Waals surface area contributed by atoms with Gasteiger partial charge in [-0.3, -0.25) is 0 Å². The lowest BCUT2D eigenvalue weighted by atomic mass is 10.2. The minimum atomic E-state index is 0.232. The third kappa shape index (κ3) is 2.75. The zero-order valence-electron chi connectivity index (χ0n) is 11.3. The quantitative estimate of drug-likeness (QED) is 0.757. The van der Waals surface area contributed by atoms with Crippen LogP contribution in [0.5, 0.6) is 5.75 Å². The molecule has 0 aliphatic carbocycles. The Morgan fingerprint density at radius 3 is 2.76 bits per heavy atom. The van der Waals surface area contributed by atoms with Crippen LogP contribution in [0.2, 0.25) is 0 Å². The van der Waals surface area contributed by atoms with E-state index in [0.29, 0.717) is 5.82 Å². The van der Waals surface area contributed by atoms with E-state index >= 15 is 0 Å². The largest absolute Gasteiger partial charge is 0.497 e. The number of nitrogens with two attached hydrogens (primary N) is 1. The number of benzene rings is 2. The first-order valence-electron chi connectivity index (χ1n) is 6.30. The van der Waals surface area contributed by atoms with Gasteiger partial charge in [-0.05, 0) is 40.2 Å². The molecule has 0 fully saturated rings. The summed E-state index contributed by atoms with van der Waals surface area (Å²) in [5.41, 5.74) is 7.42. The fourth-order valence-electron chi connectivity index (χ4n) is 2.04. The van der Waals surface area contributed by atoms with Gasteiger partial charge in [0.1, 0.15) is 11.6 Å². The molecule has 6 heteroatoms. The molecule has 21 heavy (non-hydrogen) atoms. The molecule has 0 unspecified atom stereocenters. The highest BCUT2D eigenvalue weighted by molar-refractivity contribution is 9.10. The van der Waals surface area contributed by atoms with Crippen molar-refractivity contribution in [2.24, 2.45) is 0 Å². The van der Waals surface area contributed by atoms with E-state index in [2.05, 4.69) is 31.2 Å². The molecule has 0 amide bonds. The first kappa shape index (κ1) is 13.6. The summed E-state index contributed by atoms with van der Waals surface area (Å²) in [5.74, 6) is 1.65. The van der Waals surface area contributed by atoms with Gasteiger partial charge in [0, 0.05) is 15.9 Å². The zero-order valence-corrected chi connectivity index (χ0v) is 12.9. The predicted molar refractivity (Wildman–Crippen MR) is 87.9 cm³/mol. The van der Waals surface area contributed by atoms with Gasteiger partial charge >= 0.3 is 0 Å². The molecule has 3 aromatic rings. The van der Waals surface area contributed by atoms with Gasteiger partial charge in [0.25, 0.3) is 0 Å². The van der Waals surface area contributed by atoms with E-state index in [1.54, 1.807) is 7.11 Å². The molecule has 0 spiro atoms. The van der Waals surface area contributed by atoms with Crippen LogP contribution in [-0.4, -0.2) is 17.1 Å². The van der Waals surface area contributed by atoms with Crippen molar-refractivity contribution < 1.29 is 4.74 Å². The summed E-state index contributed by atoms with van der Waals surface area (Å²) in [5, 5.41) is 4.18. The van der Waals surface area contributed by atoms with Crippen molar-refractivity contribution in [3.63, 3.8) is 0 Å². The number of anilines is 3. The lowest BCUT2D eigenvalue weighted by Crippen LogP contribution is -2.02. The highest BCUT2D eigenvalue weighted by Gasteiger charge is 2.08. The molecule has 0 radical (unpaired) electrons. The molecule has 0 bridgehead atoms. The molecular formula is C15H13BrN4O. The van der Waals surface area contributed by atoms with E-state index in [0.717, 1.165) is 26.8 Å². The topological polar surface area (TPSA) is 73.1 Å². The van der Waals surface area contributed by atoms with Gasteiger partial charge < -0.3 is 15.8 Å². The monoisotopic (exact) mass is 344 g/mol. The fourth-order valence-corrected chi connectivity index (χ4v) is 2.39. The van der Waals surface area contributed by atoms with Crippen LogP contribution in [-0.2, 0) is 0 Å². The van der Waals surface area contributed by atoms with Gasteiger partial charge in [0.05, 0.1) is 18.3 Å². The highest BCUT2D eigenvalue weighted by Crippen LogP contribution is 2.31. The van der Waals surface area contributed by atoms with E-state index < -0.39 is 0 Å². The molecule has 0 atom stereocenters. The van der Waals surface area contributed by atoms with Gasteiger partial charge in [0.2, 0.25) is 5.95 Å². The number of hydrogen-bond donors (Lipinski definition) is 2. The molecule has 1 aromatic heterocycles. The maximum Gasteiger partial charge on any atom is 0.222 e. The molecule has 1 heterocycles. The number of ether oxygens (including phenoxy) is 1. The Balaban J connectivity index is 2.09. The van der Waals surface area contributed by atoms with Crippen LogP contribution in [0.15, 0.2) is 46.9 Å². The Kier molecular flexibility index (Phi) is 3.62. The summed E-state index contributed by atoms with van der Waals surface area (Å²) < 4.78 is 6.15. The second-order valence-corrected chi connectivity index (χ2v) is 5.27. The van der Waals surface area contributed by atoms with E-state index in [1.165, 1.54) is 0 Å². The number of nitrogens with zero attached hydrogens (tertiary/aromatic N) is 2. The van der Waals surface area contributed by atoms with Crippen molar-refractivity contribution in [2.45, 2.75) is 0 Å². The third-order valence-electron chi connectivity index (χ3n) is 3.05. The Labute approximate surface area is 130 Å². The van der Waals surface area contributed by atoms with Crippen LogP contribution < -0.4 is 15.8 Å². The summed E-state index contributed by atoms with van der Waals surface area (Å²) in [6, 6.07) is 13.4. The van der Waals surface area contributed by atoms with Crippen molar-refractivity contribution in [1.29, 1.82) is 0 Å². The number of methoxy groups -OCH3 is 1. The number of para-hydroxylation sites is 1. The molecule has 0 aliphatic heterocycles. The number of fused-ring (bicyclic) bond motifs is 1. The maximum atomic E-state index is 5.77. The lowest BCUT2D eigenvalue weighted by molar-refractivity contribution is 0.415. The van der Waals surface area contributed by atoms with Gasteiger partial charge in [-0.15, -0.1) is 0 Å². The first-order valence-corrected chi connectivity index (χ1v) is 7.09. The SMILES string of the molecule is COc1ccc(Br)c(Nc2nc(N)nc3ccccc23)c1. The van der Waals surface area contributed by atoms with Gasteiger partial charge in [-0.2, -0.15) is 4.98 Å². The smallest absolute Gasteiger partial charge is 0.222 e. The number of rotatable bonds is 3. The van der Waals surface area contributed by atoms with E-state index in [4.69, 9.17) is 10.5 Å². The summed E-state index contributed by atoms with van der Waals surface area (Å²) in [4.78, 5) is 8.51. The molecule has 106 valence electrons. The average molecular weight is 345 g/mol. The van der Waals surface area contributed by atoms with Crippen molar-refractivity contribution in [3.05, 3.63) is 46.9 Å². The third-order valence-corrected chi connectivity index (χ3v) is 3.74. The van der Waals surface area contributed by atoms with Crippen LogP contribution >= 0.6 is 15.9 Å². The maximum absolute atomic E-state index is 5.77. The van der Waals surface area contributed by atoms with Crippen molar-refractivity contribution >= 4 is 44.3 Å². The Hall–Kier alpha value is -2.34. The van der Waals surface area contributed by atoms with Crippen molar-refractivity contribution in [3.8, 4) is 5.75 Å². The standard InChI is InChI=1S/C15H13BrN4O/c1-21-9-6-7-11(16)13(8-9)18-14-10-4-2-3-5-12(10)19-15(17)20-14/h2-8H,1H3,(H3,17,18,19,20). The summed E-state index contributed by atoms with van der Waals surface area (Å²) in [6.45, 7) is 0. The number of nitrogens with one attached hydrogen (secondary N) is 1. The Morgan fingerprint density at radius 2 is 1.95 bits per heavy atom. The Bertz CT molecular complexity index is 807. The zero-order chi connectivity index (χ0) is 14.8. The number of aromatic nitrogens is 2. The van der Waals surface area contributed by atoms with Crippen LogP contribution in [0.1, 0.15) is 0 Å². The van der Waals surface area contributed by atoms with Gasteiger partial charge in [-0.25, -0.2) is 4.98 Å². The second-order valence-electron chi connectivity index (χ2n) is 4.42. The average Bonchev–Trinajstić information content (AvgIpc) is 2.49. The minimum absolute atomic E-state index is 0.232. The van der Waals surface area contributed by atoms with E-state index in [9.17, 15) is 0 Å². The molecule has 2 aromatic carbocycles. The van der Waals surface area contributed by atoms with Crippen molar-refractivity contribution in [2.75, 3.05) is 18.2 Å². The molecule has 5 nitrogen and oxygen atoms in total. The minimum Gasteiger partial charge on any atom is -0.497 e. The Morgan fingerprint density at radius 1 is 1.14 bits per heavy atom. The van der Waals surface area contributed by atoms with E-state index in [-0.39, 0.29) is 5.95 Å². The molecule has 0 saturated heterocycles. The van der Waals surface area contributed by atoms with E-state index in [1.807, 2.05) is 42.5 Å².